The third-order valence-corrected chi connectivity index (χ3v) is 3.36. The number of hydrogen-bond acceptors (Lipinski definition) is 3. The molecule has 0 atom stereocenters. The minimum Gasteiger partial charge on any atom is -0.507 e. The number of fused-ring (bicyclic) bond motifs is 3. The highest BCUT2D eigenvalue weighted by Crippen LogP contribution is 2.44. The van der Waals surface area contributed by atoms with E-state index in [2.05, 4.69) is 0 Å². The number of aromatic hydroxyl groups is 2. The Hall–Kier alpha value is -2.42. The lowest BCUT2D eigenvalue weighted by Gasteiger charge is -2.23. The van der Waals surface area contributed by atoms with E-state index in [0.717, 1.165) is 10.8 Å². The van der Waals surface area contributed by atoms with E-state index >= 15 is 0 Å². The highest BCUT2D eigenvalue weighted by molar-refractivity contribution is 6.13. The van der Waals surface area contributed by atoms with Crippen molar-refractivity contribution in [2.75, 3.05) is 0 Å². The molecule has 0 heterocycles. The highest BCUT2D eigenvalue weighted by atomic mass is 16.5. The first kappa shape index (κ1) is 13.6. The Balaban J connectivity index is 2.35. The molecule has 3 aromatic carbocycles. The molecule has 3 heteroatoms. The molecule has 0 aliphatic heterocycles. The van der Waals surface area contributed by atoms with Gasteiger partial charge in [-0.3, -0.25) is 0 Å². The van der Waals surface area contributed by atoms with E-state index in [4.69, 9.17) is 4.74 Å². The molecule has 0 radical (unpaired) electrons. The third-order valence-electron chi connectivity index (χ3n) is 3.36. The number of phenolic OH excluding ortho intramolecular Hbond substituents is 2. The molecule has 0 saturated carbocycles. The molecule has 0 bridgehead atoms. The molecule has 3 rings (SSSR count). The van der Waals surface area contributed by atoms with Gasteiger partial charge >= 0.3 is 0 Å². The number of ether oxygens (including phenoxy) is 1. The smallest absolute Gasteiger partial charge is 0.166 e. The average Bonchev–Trinajstić information content (AvgIpc) is 2.42. The van der Waals surface area contributed by atoms with Crippen molar-refractivity contribution < 1.29 is 14.9 Å². The van der Waals surface area contributed by atoms with Crippen molar-refractivity contribution in [2.24, 2.45) is 0 Å². The summed E-state index contributed by atoms with van der Waals surface area (Å²) in [5.41, 5.74) is -0.450. The van der Waals surface area contributed by atoms with Gasteiger partial charge in [0.2, 0.25) is 0 Å². The molecule has 108 valence electrons. The maximum atomic E-state index is 10.5. The molecule has 0 aromatic heterocycles. The van der Waals surface area contributed by atoms with E-state index in [0.29, 0.717) is 16.5 Å². The summed E-state index contributed by atoms with van der Waals surface area (Å²) in [6, 6.07) is 13.0. The van der Waals surface area contributed by atoms with Crippen LogP contribution < -0.4 is 4.74 Å². The molecule has 0 spiro atoms. The predicted molar refractivity (Wildman–Crippen MR) is 85.2 cm³/mol. The van der Waals surface area contributed by atoms with Crippen LogP contribution in [0, 0.1) is 0 Å². The lowest BCUT2D eigenvalue weighted by molar-refractivity contribution is 0.126. The Morgan fingerprint density at radius 1 is 0.905 bits per heavy atom. The fraction of sp³-hybridized carbons (Fsp3) is 0.222. The van der Waals surface area contributed by atoms with E-state index in [9.17, 15) is 10.2 Å². The topological polar surface area (TPSA) is 49.7 Å². The summed E-state index contributed by atoms with van der Waals surface area (Å²) in [6.07, 6.45) is 0. The molecule has 0 saturated heterocycles. The van der Waals surface area contributed by atoms with Crippen LogP contribution in [-0.4, -0.2) is 15.8 Å². The van der Waals surface area contributed by atoms with Crippen molar-refractivity contribution in [2.45, 2.75) is 26.4 Å². The molecule has 21 heavy (non-hydrogen) atoms. The summed E-state index contributed by atoms with van der Waals surface area (Å²) in [4.78, 5) is 0. The van der Waals surface area contributed by atoms with E-state index in [1.807, 2.05) is 57.2 Å². The summed E-state index contributed by atoms with van der Waals surface area (Å²) in [5, 5.41) is 24.0. The standard InChI is InChI=1S/C18H18O3/c1-18(2,3)21-15-10-14(19)16-12-7-5-4-6-11(12)8-9-13(16)17(15)20/h4-10,19-20H,1-3H3. The molecule has 2 N–H and O–H groups in total. The van der Waals surface area contributed by atoms with Crippen molar-refractivity contribution >= 4 is 21.5 Å². The second-order valence-corrected chi connectivity index (χ2v) is 6.17. The lowest BCUT2D eigenvalue weighted by Crippen LogP contribution is -2.22. The maximum Gasteiger partial charge on any atom is 0.166 e. The van der Waals surface area contributed by atoms with Crippen LogP contribution in [0.4, 0.5) is 0 Å². The summed E-state index contributed by atoms with van der Waals surface area (Å²) < 4.78 is 5.72. The summed E-state index contributed by atoms with van der Waals surface area (Å²) in [5.74, 6) is 0.463. The van der Waals surface area contributed by atoms with Gasteiger partial charge in [-0.25, -0.2) is 0 Å². The minimum absolute atomic E-state index is 0.0588. The van der Waals surface area contributed by atoms with Crippen molar-refractivity contribution in [1.29, 1.82) is 0 Å². The Morgan fingerprint density at radius 3 is 2.33 bits per heavy atom. The normalized spacial score (nSPS) is 12.0. The third kappa shape index (κ3) is 2.35. The number of phenols is 2. The Kier molecular flexibility index (Phi) is 2.94. The molecular formula is C18H18O3. The largest absolute Gasteiger partial charge is 0.507 e. The van der Waals surface area contributed by atoms with Gasteiger partial charge in [-0.05, 0) is 37.6 Å². The van der Waals surface area contributed by atoms with E-state index in [1.165, 1.54) is 6.07 Å². The van der Waals surface area contributed by atoms with Gasteiger partial charge in [-0.2, -0.15) is 0 Å². The fourth-order valence-electron chi connectivity index (χ4n) is 2.55. The molecule has 3 nitrogen and oxygen atoms in total. The van der Waals surface area contributed by atoms with Crippen LogP contribution in [0.5, 0.6) is 17.2 Å². The van der Waals surface area contributed by atoms with Crippen molar-refractivity contribution in [3.8, 4) is 17.2 Å². The van der Waals surface area contributed by atoms with Crippen molar-refractivity contribution in [3.05, 3.63) is 42.5 Å². The first-order chi connectivity index (χ1) is 9.87. The van der Waals surface area contributed by atoms with E-state index in [-0.39, 0.29) is 11.5 Å². The zero-order valence-corrected chi connectivity index (χ0v) is 12.3. The maximum absolute atomic E-state index is 10.5. The van der Waals surface area contributed by atoms with Gasteiger partial charge in [0, 0.05) is 16.8 Å². The molecular weight excluding hydrogens is 264 g/mol. The van der Waals surface area contributed by atoms with Crippen LogP contribution in [-0.2, 0) is 0 Å². The molecule has 0 aliphatic rings. The van der Waals surface area contributed by atoms with Gasteiger partial charge in [0.15, 0.2) is 11.5 Å². The summed E-state index contributed by atoms with van der Waals surface area (Å²) in [7, 11) is 0. The van der Waals surface area contributed by atoms with Crippen LogP contribution in [0.25, 0.3) is 21.5 Å². The van der Waals surface area contributed by atoms with Crippen molar-refractivity contribution in [1.82, 2.24) is 0 Å². The van der Waals surface area contributed by atoms with Crippen LogP contribution >= 0.6 is 0 Å². The number of hydrogen-bond donors (Lipinski definition) is 2. The number of rotatable bonds is 1. The molecule has 0 unspecified atom stereocenters. The summed E-state index contributed by atoms with van der Waals surface area (Å²) >= 11 is 0. The predicted octanol–water partition coefficient (Wildman–Crippen LogP) is 4.58. The zero-order chi connectivity index (χ0) is 15.2. The van der Waals surface area contributed by atoms with Crippen LogP contribution in [0.2, 0.25) is 0 Å². The van der Waals surface area contributed by atoms with Crippen LogP contribution in [0.15, 0.2) is 42.5 Å². The second-order valence-electron chi connectivity index (χ2n) is 6.17. The van der Waals surface area contributed by atoms with Crippen LogP contribution in [0.1, 0.15) is 20.8 Å². The first-order valence-electron chi connectivity index (χ1n) is 6.92. The van der Waals surface area contributed by atoms with Gasteiger partial charge in [-0.15, -0.1) is 0 Å². The Bertz CT molecular complexity index is 829. The number of benzene rings is 3. The fourth-order valence-corrected chi connectivity index (χ4v) is 2.55. The van der Waals surface area contributed by atoms with Gasteiger partial charge in [-0.1, -0.05) is 30.3 Å². The van der Waals surface area contributed by atoms with Gasteiger partial charge in [0.25, 0.3) is 0 Å². The Labute approximate surface area is 123 Å². The van der Waals surface area contributed by atoms with E-state index in [1.54, 1.807) is 0 Å². The molecule has 0 aliphatic carbocycles. The quantitative estimate of drug-likeness (QED) is 0.507. The van der Waals surface area contributed by atoms with Gasteiger partial charge < -0.3 is 14.9 Å². The summed E-state index contributed by atoms with van der Waals surface area (Å²) in [6.45, 7) is 5.69. The van der Waals surface area contributed by atoms with Crippen molar-refractivity contribution in [3.63, 3.8) is 0 Å². The second kappa shape index (κ2) is 4.55. The SMILES string of the molecule is CC(C)(C)Oc1cc(O)c2c(ccc3ccccc32)c1O. The zero-order valence-electron chi connectivity index (χ0n) is 12.3. The molecule has 0 amide bonds. The molecule has 0 fully saturated rings. The lowest BCUT2D eigenvalue weighted by atomic mass is 10.00. The average molecular weight is 282 g/mol. The highest BCUT2D eigenvalue weighted by Gasteiger charge is 2.19. The monoisotopic (exact) mass is 282 g/mol. The first-order valence-corrected chi connectivity index (χ1v) is 6.92. The van der Waals surface area contributed by atoms with E-state index < -0.39 is 5.60 Å². The van der Waals surface area contributed by atoms with Gasteiger partial charge in [0.1, 0.15) is 11.4 Å². The molecule has 3 aromatic rings. The van der Waals surface area contributed by atoms with Gasteiger partial charge in [0.05, 0.1) is 0 Å². The minimum atomic E-state index is -0.450. The van der Waals surface area contributed by atoms with Crippen LogP contribution in [0.3, 0.4) is 0 Å². The Morgan fingerprint density at radius 2 is 1.62 bits per heavy atom.